The Labute approximate surface area is 415 Å². The van der Waals surface area contributed by atoms with Gasteiger partial charge in [0, 0.05) is 110 Å². The van der Waals surface area contributed by atoms with E-state index in [-0.39, 0.29) is 17.3 Å². The summed E-state index contributed by atoms with van der Waals surface area (Å²) in [5, 5.41) is 8.19. The first-order chi connectivity index (χ1) is 31.2. The van der Waals surface area contributed by atoms with Crippen LogP contribution in [0.1, 0.15) is 11.1 Å². The second-order valence-corrected chi connectivity index (χ2v) is 22.4. The molecule has 0 aliphatic carbocycles. The highest BCUT2D eigenvalue weighted by Gasteiger charge is 2.30. The Morgan fingerprint density at radius 1 is 0.545 bits per heavy atom. The average molecular weight is 1170 g/mol. The summed E-state index contributed by atoms with van der Waals surface area (Å²) in [7, 11) is -11.1. The Hall–Kier alpha value is -3.55. The van der Waals surface area contributed by atoms with E-state index in [9.17, 15) is 25.3 Å². The van der Waals surface area contributed by atoms with Crippen molar-refractivity contribution in [2.24, 2.45) is 0 Å². The lowest BCUT2D eigenvalue weighted by Gasteiger charge is -2.28. The number of halogens is 4. The number of sulfonamides is 2. The van der Waals surface area contributed by atoms with Gasteiger partial charge < -0.3 is 14.8 Å². The summed E-state index contributed by atoms with van der Waals surface area (Å²) in [4.78, 5) is 12.5. The van der Waals surface area contributed by atoms with Crippen LogP contribution in [-0.4, -0.2) is 113 Å². The van der Waals surface area contributed by atoms with Crippen molar-refractivity contribution in [3.63, 3.8) is 0 Å². The summed E-state index contributed by atoms with van der Waals surface area (Å²) in [5.41, 5.74) is 2.08. The molecule has 10 rings (SSSR count). The van der Waals surface area contributed by atoms with E-state index < -0.39 is 30.2 Å². The average Bonchev–Trinajstić information content (AvgIpc) is 3.33. The van der Waals surface area contributed by atoms with Gasteiger partial charge in [-0.25, -0.2) is 16.8 Å². The molecule has 22 heteroatoms. The number of aromatic nitrogens is 3. The van der Waals surface area contributed by atoms with Crippen molar-refractivity contribution in [1.29, 1.82) is 0 Å². The Balaban J connectivity index is 0.000000148. The zero-order valence-corrected chi connectivity index (χ0v) is 43.0. The van der Waals surface area contributed by atoms with Crippen LogP contribution in [-0.2, 0) is 52.6 Å². The van der Waals surface area contributed by atoms with E-state index in [0.29, 0.717) is 85.1 Å². The van der Waals surface area contributed by atoms with Crippen LogP contribution < -0.4 is 5.32 Å². The zero-order chi connectivity index (χ0) is 46.2. The highest BCUT2D eigenvalue weighted by atomic mass is 79.9. The molecule has 3 aliphatic heterocycles. The molecular formula is C44H44Br3ClN6O9S3. The van der Waals surface area contributed by atoms with Gasteiger partial charge in [0.05, 0.1) is 36.2 Å². The van der Waals surface area contributed by atoms with Gasteiger partial charge in [-0.1, -0.05) is 72.1 Å². The number of nitrogens with one attached hydrogen (secondary N) is 1. The number of nitrogens with zero attached hydrogens (tertiary/aromatic N) is 5. The molecule has 2 fully saturated rings. The van der Waals surface area contributed by atoms with Gasteiger partial charge >= 0.3 is 0 Å². The van der Waals surface area contributed by atoms with Gasteiger partial charge in [-0.05, 0) is 84.1 Å². The van der Waals surface area contributed by atoms with E-state index in [1.165, 1.54) is 31.6 Å². The van der Waals surface area contributed by atoms with Gasteiger partial charge in [-0.3, -0.25) is 19.5 Å². The Kier molecular flexibility index (Phi) is 18.2. The van der Waals surface area contributed by atoms with Crippen LogP contribution in [0.3, 0.4) is 0 Å². The van der Waals surface area contributed by atoms with Crippen LogP contribution in [0.4, 0.5) is 0 Å². The molecule has 3 aromatic heterocycles. The number of morpholine rings is 2. The summed E-state index contributed by atoms with van der Waals surface area (Å²) >= 11 is 10.2. The van der Waals surface area contributed by atoms with E-state index >= 15 is 0 Å². The van der Waals surface area contributed by atoms with Gasteiger partial charge in [0.15, 0.2) is 0 Å². The van der Waals surface area contributed by atoms with Crippen molar-refractivity contribution < 1.29 is 39.3 Å². The molecule has 0 radical (unpaired) electrons. The lowest BCUT2D eigenvalue weighted by atomic mass is 10.0. The van der Waals surface area contributed by atoms with Crippen molar-refractivity contribution >= 4 is 123 Å². The van der Waals surface area contributed by atoms with Crippen LogP contribution in [0.15, 0.2) is 144 Å². The van der Waals surface area contributed by atoms with Gasteiger partial charge in [0.1, 0.15) is 4.90 Å². The molecule has 7 aromatic rings. The maximum Gasteiger partial charge on any atom is 0.295 e. The lowest BCUT2D eigenvalue weighted by molar-refractivity contribution is 0.0730. The smallest absolute Gasteiger partial charge is 0.295 e. The molecule has 0 bridgehead atoms. The van der Waals surface area contributed by atoms with Crippen LogP contribution in [0.25, 0.3) is 32.3 Å². The van der Waals surface area contributed by atoms with Crippen molar-refractivity contribution in [3.8, 4) is 0 Å². The molecule has 66 heavy (non-hydrogen) atoms. The summed E-state index contributed by atoms with van der Waals surface area (Å²) in [5.74, 6) is 0. The highest BCUT2D eigenvalue weighted by molar-refractivity contribution is 9.11. The Morgan fingerprint density at radius 2 is 1.03 bits per heavy atom. The number of pyridine rings is 3. The number of fused-ring (bicyclic) bond motifs is 4. The van der Waals surface area contributed by atoms with Crippen LogP contribution >= 0.6 is 60.2 Å². The Bertz CT molecular complexity index is 3160. The van der Waals surface area contributed by atoms with E-state index in [4.69, 9.17) is 14.0 Å². The molecule has 3 aliphatic rings. The first kappa shape index (κ1) is 51.8. The molecular weight excluding hydrogens is 1130 g/mol. The van der Waals surface area contributed by atoms with E-state index in [2.05, 4.69) is 68.1 Å². The predicted octanol–water partition coefficient (Wildman–Crippen LogP) is 8.03. The van der Waals surface area contributed by atoms with Gasteiger partial charge in [-0.15, -0.1) is 12.4 Å². The van der Waals surface area contributed by atoms with Gasteiger partial charge in [-0.2, -0.15) is 17.0 Å². The quantitative estimate of drug-likeness (QED) is 0.157. The minimum atomic E-state index is -4.21. The number of hydrogen-bond acceptors (Lipinski definition) is 12. The first-order valence-electron chi connectivity index (χ1n) is 20.2. The third-order valence-electron chi connectivity index (χ3n) is 10.6. The number of ether oxygens (including phenoxy) is 2. The van der Waals surface area contributed by atoms with E-state index in [0.717, 1.165) is 42.9 Å². The number of hydrogen-bond donors (Lipinski definition) is 2. The molecule has 4 aromatic carbocycles. The molecule has 0 atom stereocenters. The number of rotatable bonds is 5. The second kappa shape index (κ2) is 23.2. The molecule has 0 saturated carbocycles. The van der Waals surface area contributed by atoms with Gasteiger partial charge in [0.2, 0.25) is 20.0 Å². The molecule has 0 amide bonds. The normalized spacial score (nSPS) is 15.8. The van der Waals surface area contributed by atoms with E-state index in [1.807, 2.05) is 42.6 Å². The van der Waals surface area contributed by atoms with Crippen molar-refractivity contribution in [2.75, 3.05) is 59.2 Å². The summed E-state index contributed by atoms with van der Waals surface area (Å²) < 4.78 is 98.2. The van der Waals surface area contributed by atoms with Crippen molar-refractivity contribution in [1.82, 2.24) is 28.9 Å². The molecule has 2 saturated heterocycles. The van der Waals surface area contributed by atoms with Crippen molar-refractivity contribution in [3.05, 3.63) is 141 Å². The monoisotopic (exact) mass is 1170 g/mol. The molecule has 2 N–H and O–H groups in total. The maximum atomic E-state index is 12.7. The topological polar surface area (TPSA) is 198 Å². The third-order valence-corrected chi connectivity index (χ3v) is 17.6. The van der Waals surface area contributed by atoms with Crippen LogP contribution in [0.5, 0.6) is 0 Å². The predicted molar refractivity (Wildman–Crippen MR) is 266 cm³/mol. The van der Waals surface area contributed by atoms with Crippen molar-refractivity contribution in [2.45, 2.75) is 27.7 Å². The molecule has 350 valence electrons. The fourth-order valence-corrected chi connectivity index (χ4v) is 12.8. The second-order valence-electron chi connectivity index (χ2n) is 14.6. The van der Waals surface area contributed by atoms with Crippen LogP contribution in [0, 0.1) is 0 Å². The largest absolute Gasteiger partial charge is 0.379 e. The fourth-order valence-electron chi connectivity index (χ4n) is 7.36. The first-order valence-corrected chi connectivity index (χ1v) is 26.9. The summed E-state index contributed by atoms with van der Waals surface area (Å²) in [6.07, 6.45) is 10.8. The highest BCUT2D eigenvalue weighted by Crippen LogP contribution is 2.32. The van der Waals surface area contributed by atoms with Gasteiger partial charge in [0.25, 0.3) is 10.1 Å². The van der Waals surface area contributed by atoms with E-state index in [1.54, 1.807) is 61.2 Å². The lowest BCUT2D eigenvalue weighted by Crippen LogP contribution is -2.41. The minimum absolute atomic E-state index is 0. The fraction of sp³-hybridized carbons (Fsp3) is 0.250. The number of benzene rings is 4. The third kappa shape index (κ3) is 12.2. The Morgan fingerprint density at radius 3 is 1.59 bits per heavy atom. The minimum Gasteiger partial charge on any atom is -0.379 e. The zero-order valence-electron chi connectivity index (χ0n) is 35.0. The molecule has 0 spiro atoms. The molecule has 15 nitrogen and oxygen atoms in total. The van der Waals surface area contributed by atoms with Crippen LogP contribution in [0.2, 0.25) is 0 Å². The molecule has 6 heterocycles. The molecule has 0 unspecified atom stereocenters. The summed E-state index contributed by atoms with van der Waals surface area (Å²) in [6.45, 7) is 5.04. The standard InChI is InChI=1S/C13H13BrN2O3S.C13H18N2O3S.C9H6BrNO3S.C9H6BrN.ClH/c14-12-1-2-13(11-9-15-4-3-10(11)12)20(17,18)16-5-7-19-8-6-16;16-19(17,15-6-8-18-9-7-15)13-3-1-2-11-4-5-14-10-12(11)13;10-8-1-2-9(15(12,13)14)7-5-11-4-3-6(7)8;10-9-3-1-2-7-6-11-5-4-8(7)9;/h1-4,9H,5-8H2;1-3,14H,4-10H2;1-5H,(H,12,13,14);1-6H;1H. The maximum absolute atomic E-state index is 12.7. The SMILES string of the molecule is Brc1cccc2cnccc12.Cl.O=S(=O)(O)c1ccc(Br)c2ccncc12.O=S(=O)(c1ccc(Br)c2ccncc12)N1CCOCC1.O=S(=O)(c1cccc2c1CNCC2)N1CCOCC1. The summed E-state index contributed by atoms with van der Waals surface area (Å²) in [6, 6.07) is 23.4.